The van der Waals surface area contributed by atoms with Gasteiger partial charge in [0.2, 0.25) is 5.95 Å². The number of rotatable bonds is 7. The van der Waals surface area contributed by atoms with Crippen molar-refractivity contribution in [3.8, 4) is 0 Å². The van der Waals surface area contributed by atoms with Gasteiger partial charge in [0.25, 0.3) is 5.56 Å². The van der Waals surface area contributed by atoms with Crippen LogP contribution in [0.2, 0.25) is 25.7 Å². The van der Waals surface area contributed by atoms with Gasteiger partial charge < -0.3 is 24.3 Å². The van der Waals surface area contributed by atoms with E-state index < -0.39 is 13.7 Å². The SMILES string of the molecule is Cn1c(N2[C@@H]3CC[C@H]2C[C@@H](NC(=O)OC(C)(C)C)C3)nc2c(c(Br)cn2COCC[Si](C)(C)C)c1=O. The second-order valence-corrected chi connectivity index (χ2v) is 18.9. The zero-order valence-electron chi connectivity index (χ0n) is 22.6. The van der Waals surface area contributed by atoms with Crippen LogP contribution in [0.1, 0.15) is 46.5 Å². The number of hydrogen-bond donors (Lipinski definition) is 1. The fourth-order valence-electron chi connectivity index (χ4n) is 5.23. The van der Waals surface area contributed by atoms with Crippen molar-refractivity contribution in [2.75, 3.05) is 11.5 Å². The molecule has 2 aromatic rings. The number of nitrogens with one attached hydrogen (secondary N) is 1. The van der Waals surface area contributed by atoms with Crippen LogP contribution in [0.4, 0.5) is 10.7 Å². The molecule has 2 aliphatic rings. The molecule has 0 aliphatic carbocycles. The molecule has 9 nitrogen and oxygen atoms in total. The minimum atomic E-state index is -1.18. The molecule has 2 aliphatic heterocycles. The number of ether oxygens (including phenoxy) is 2. The number of nitrogens with zero attached hydrogens (tertiary/aromatic N) is 4. The van der Waals surface area contributed by atoms with E-state index in [1.807, 2.05) is 31.5 Å². The fourth-order valence-corrected chi connectivity index (χ4v) is 6.58. The summed E-state index contributed by atoms with van der Waals surface area (Å²) in [7, 11) is 0.613. The van der Waals surface area contributed by atoms with Crippen LogP contribution in [-0.2, 0) is 23.3 Å². The first-order valence-corrected chi connectivity index (χ1v) is 17.3. The van der Waals surface area contributed by atoms with Crippen molar-refractivity contribution >= 4 is 47.1 Å². The lowest BCUT2D eigenvalue weighted by Crippen LogP contribution is -2.52. The van der Waals surface area contributed by atoms with E-state index in [-0.39, 0.29) is 29.8 Å². The standard InChI is InChI=1S/C25H40BrN5O4Si/c1-25(2,3)35-24(33)27-16-12-17-8-9-18(13-16)31(17)23-28-21-20(22(32)29(23)4)19(26)14-30(21)15-34-10-11-36(5,6)7/h14,16-18H,8-13,15H2,1-7H3,(H,27,33)/t16-,17+,18-. The molecule has 0 unspecified atom stereocenters. The van der Waals surface area contributed by atoms with Gasteiger partial charge in [-0.2, -0.15) is 4.98 Å². The fraction of sp³-hybridized carbons (Fsp3) is 0.720. The zero-order valence-corrected chi connectivity index (χ0v) is 25.1. The third-order valence-corrected chi connectivity index (χ3v) is 9.25. The summed E-state index contributed by atoms with van der Waals surface area (Å²) in [5, 5.41) is 3.63. The summed E-state index contributed by atoms with van der Waals surface area (Å²) < 4.78 is 15.8. The number of carbonyl (C=O) groups is 1. The van der Waals surface area contributed by atoms with E-state index in [1.54, 1.807) is 11.6 Å². The summed E-state index contributed by atoms with van der Waals surface area (Å²) in [6.45, 7) is 13.7. The van der Waals surface area contributed by atoms with E-state index in [2.05, 4.69) is 45.8 Å². The number of fused-ring (bicyclic) bond motifs is 3. The molecule has 200 valence electrons. The zero-order chi connectivity index (χ0) is 26.4. The van der Waals surface area contributed by atoms with Crippen LogP contribution >= 0.6 is 15.9 Å². The molecule has 2 bridgehead atoms. The molecule has 0 saturated carbocycles. The highest BCUT2D eigenvalue weighted by Crippen LogP contribution is 2.39. The number of halogens is 1. The van der Waals surface area contributed by atoms with Gasteiger partial charge in [-0.05, 0) is 68.4 Å². The Morgan fingerprint density at radius 1 is 1.22 bits per heavy atom. The van der Waals surface area contributed by atoms with Crippen LogP contribution in [-0.4, -0.2) is 58.6 Å². The lowest BCUT2D eigenvalue weighted by Gasteiger charge is -2.40. The maximum atomic E-state index is 13.4. The summed E-state index contributed by atoms with van der Waals surface area (Å²) in [4.78, 5) is 33.1. The van der Waals surface area contributed by atoms with Crippen molar-refractivity contribution in [2.24, 2.45) is 7.05 Å². The van der Waals surface area contributed by atoms with Gasteiger partial charge in [-0.3, -0.25) is 9.36 Å². The highest BCUT2D eigenvalue weighted by Gasteiger charge is 2.43. The van der Waals surface area contributed by atoms with Crippen LogP contribution in [0.15, 0.2) is 15.5 Å². The van der Waals surface area contributed by atoms with Gasteiger partial charge in [-0.1, -0.05) is 19.6 Å². The third-order valence-electron chi connectivity index (χ3n) is 6.94. The molecule has 4 heterocycles. The minimum absolute atomic E-state index is 0.0483. The molecule has 3 atom stereocenters. The molecule has 1 amide bonds. The van der Waals surface area contributed by atoms with E-state index in [4.69, 9.17) is 14.5 Å². The first-order valence-electron chi connectivity index (χ1n) is 12.8. The third kappa shape index (κ3) is 5.99. The van der Waals surface area contributed by atoms with E-state index in [0.717, 1.165) is 36.2 Å². The van der Waals surface area contributed by atoms with Gasteiger partial charge in [0.1, 0.15) is 12.3 Å². The Labute approximate surface area is 222 Å². The predicted octanol–water partition coefficient (Wildman–Crippen LogP) is 4.83. The minimum Gasteiger partial charge on any atom is -0.444 e. The molecule has 11 heteroatoms. The first-order chi connectivity index (χ1) is 16.7. The normalized spacial score (nSPS) is 22.3. The smallest absolute Gasteiger partial charge is 0.407 e. The molecular formula is C25H40BrN5O4Si. The Hall–Kier alpha value is -1.85. The Balaban J connectivity index is 1.55. The number of carbonyl (C=O) groups excluding carboxylic acids is 1. The van der Waals surface area contributed by atoms with Gasteiger partial charge in [0.15, 0.2) is 5.65 Å². The Bertz CT molecular complexity index is 1170. The van der Waals surface area contributed by atoms with E-state index in [9.17, 15) is 9.59 Å². The van der Waals surface area contributed by atoms with Gasteiger partial charge in [-0.15, -0.1) is 0 Å². The van der Waals surface area contributed by atoms with E-state index >= 15 is 0 Å². The molecule has 1 N–H and O–H groups in total. The maximum absolute atomic E-state index is 13.4. The van der Waals surface area contributed by atoms with E-state index in [0.29, 0.717) is 30.3 Å². The molecule has 0 aromatic carbocycles. The number of piperidine rings is 1. The Kier molecular flexibility index (Phi) is 7.65. The highest BCUT2D eigenvalue weighted by molar-refractivity contribution is 9.10. The van der Waals surface area contributed by atoms with Crippen LogP contribution in [0.25, 0.3) is 11.0 Å². The van der Waals surface area contributed by atoms with Gasteiger partial charge in [0, 0.05) is 46.1 Å². The summed E-state index contributed by atoms with van der Waals surface area (Å²) in [5.41, 5.74) is 0.0423. The average Bonchev–Trinajstić information content (AvgIpc) is 3.18. The monoisotopic (exact) mass is 581 g/mol. The molecule has 0 spiro atoms. The molecule has 0 radical (unpaired) electrons. The van der Waals surface area contributed by atoms with Crippen molar-refractivity contribution < 1.29 is 14.3 Å². The van der Waals surface area contributed by atoms with Gasteiger partial charge in [-0.25, -0.2) is 4.79 Å². The summed E-state index contributed by atoms with van der Waals surface area (Å²) in [5.74, 6) is 0.685. The second-order valence-electron chi connectivity index (χ2n) is 12.4. The Morgan fingerprint density at radius 3 is 2.44 bits per heavy atom. The quantitative estimate of drug-likeness (QED) is 0.372. The predicted molar refractivity (Wildman–Crippen MR) is 148 cm³/mol. The number of hydrogen-bond acceptors (Lipinski definition) is 6. The summed E-state index contributed by atoms with van der Waals surface area (Å²) >= 11 is 3.56. The molecule has 2 saturated heterocycles. The number of anilines is 1. The first kappa shape index (κ1) is 27.2. The topological polar surface area (TPSA) is 90.6 Å². The molecule has 36 heavy (non-hydrogen) atoms. The van der Waals surface area contributed by atoms with Crippen molar-refractivity contribution in [1.82, 2.24) is 19.4 Å². The largest absolute Gasteiger partial charge is 0.444 e. The number of amides is 1. The highest BCUT2D eigenvalue weighted by atomic mass is 79.9. The summed E-state index contributed by atoms with van der Waals surface area (Å²) in [6, 6.07) is 1.55. The van der Waals surface area contributed by atoms with Crippen molar-refractivity contribution in [1.29, 1.82) is 0 Å². The lowest BCUT2D eigenvalue weighted by atomic mass is 9.98. The van der Waals surface area contributed by atoms with Gasteiger partial charge >= 0.3 is 6.09 Å². The maximum Gasteiger partial charge on any atom is 0.407 e. The van der Waals surface area contributed by atoms with Crippen LogP contribution in [0.5, 0.6) is 0 Å². The van der Waals surface area contributed by atoms with E-state index in [1.165, 1.54) is 0 Å². The van der Waals surface area contributed by atoms with Crippen LogP contribution in [0, 0.1) is 0 Å². The summed E-state index contributed by atoms with van der Waals surface area (Å²) in [6.07, 6.45) is 5.14. The molecule has 4 rings (SSSR count). The number of aromatic nitrogens is 3. The lowest BCUT2D eigenvalue weighted by molar-refractivity contribution is 0.0492. The Morgan fingerprint density at radius 2 is 1.86 bits per heavy atom. The second kappa shape index (κ2) is 10.1. The van der Waals surface area contributed by atoms with Gasteiger partial charge in [0.05, 0.1) is 9.86 Å². The molecular weight excluding hydrogens is 542 g/mol. The van der Waals surface area contributed by atoms with Crippen LogP contribution in [0.3, 0.4) is 0 Å². The van der Waals surface area contributed by atoms with Crippen molar-refractivity contribution in [3.63, 3.8) is 0 Å². The molecule has 2 fully saturated rings. The average molecular weight is 583 g/mol. The number of alkyl carbamates (subject to hydrolysis) is 1. The van der Waals surface area contributed by atoms with Crippen LogP contribution < -0.4 is 15.8 Å². The van der Waals surface area contributed by atoms with Crippen molar-refractivity contribution in [2.45, 2.75) is 103 Å². The van der Waals surface area contributed by atoms with Crippen molar-refractivity contribution in [3.05, 3.63) is 21.0 Å². The molecule has 2 aromatic heterocycles.